The first kappa shape index (κ1) is 18.3. The van der Waals surface area contributed by atoms with Crippen molar-refractivity contribution in [1.82, 2.24) is 10.9 Å². The molecule has 0 saturated carbocycles. The lowest BCUT2D eigenvalue weighted by Gasteiger charge is -2.12. The van der Waals surface area contributed by atoms with Gasteiger partial charge in [-0.05, 0) is 35.9 Å². The molecule has 1 heterocycles. The van der Waals surface area contributed by atoms with Crippen molar-refractivity contribution in [1.29, 1.82) is 0 Å². The van der Waals surface area contributed by atoms with Gasteiger partial charge in [0.2, 0.25) is 0 Å². The molecule has 22 heavy (non-hydrogen) atoms. The van der Waals surface area contributed by atoms with E-state index in [9.17, 15) is 13.2 Å². The zero-order valence-corrected chi connectivity index (χ0v) is 13.3. The van der Waals surface area contributed by atoms with Crippen LogP contribution in [-0.4, -0.2) is 27.8 Å². The molecule has 0 unspecified atom stereocenters. The fourth-order valence-corrected chi connectivity index (χ4v) is 2.04. The number of hydrazone groups is 2. The largest absolute Gasteiger partial charge is 0.431 e. The topological polar surface area (TPSA) is 101 Å². The number of alkyl halides is 3. The zero-order valence-electron chi connectivity index (χ0n) is 10.8. The molecule has 0 radical (unpaired) electrons. The molecule has 1 aromatic heterocycles. The van der Waals surface area contributed by atoms with E-state index in [1.807, 2.05) is 5.43 Å². The van der Waals surface area contributed by atoms with Gasteiger partial charge in [-0.2, -0.15) is 23.4 Å². The summed E-state index contributed by atoms with van der Waals surface area (Å²) in [4.78, 5) is 0.510. The van der Waals surface area contributed by atoms with Gasteiger partial charge in [0, 0.05) is 6.42 Å². The highest BCUT2D eigenvalue weighted by Crippen LogP contribution is 2.22. The SMILES string of the molecule is NC(=S)N/N=C(/C/C(=N/NC(N)=S)C(F)(F)F)c1cccs1. The average molecular weight is 368 g/mol. The zero-order chi connectivity index (χ0) is 16.8. The molecule has 0 amide bonds. The molecule has 0 atom stereocenters. The van der Waals surface area contributed by atoms with Gasteiger partial charge in [-0.15, -0.1) is 11.3 Å². The summed E-state index contributed by atoms with van der Waals surface area (Å²) in [5, 5.41) is 8.12. The number of rotatable bonds is 5. The molecule has 0 bridgehead atoms. The minimum Gasteiger partial charge on any atom is -0.375 e. The van der Waals surface area contributed by atoms with Gasteiger partial charge in [-0.1, -0.05) is 6.07 Å². The highest BCUT2D eigenvalue weighted by Gasteiger charge is 2.37. The van der Waals surface area contributed by atoms with E-state index in [0.717, 1.165) is 0 Å². The van der Waals surface area contributed by atoms with Crippen molar-refractivity contribution in [2.45, 2.75) is 12.6 Å². The minimum atomic E-state index is -4.68. The number of thiocarbonyl (C=S) groups is 2. The van der Waals surface area contributed by atoms with Crippen molar-refractivity contribution in [2.24, 2.45) is 21.7 Å². The van der Waals surface area contributed by atoms with Gasteiger partial charge in [0.05, 0.1) is 10.6 Å². The summed E-state index contributed by atoms with van der Waals surface area (Å²) in [6.45, 7) is 0. The van der Waals surface area contributed by atoms with E-state index in [1.54, 1.807) is 17.5 Å². The fourth-order valence-electron chi connectivity index (χ4n) is 1.23. The first-order valence-corrected chi connectivity index (χ1v) is 7.25. The predicted octanol–water partition coefficient (Wildman–Crippen LogP) is 1.43. The summed E-state index contributed by atoms with van der Waals surface area (Å²) >= 11 is 10.2. The fraction of sp³-hybridized carbons (Fsp3) is 0.200. The molecule has 0 aliphatic heterocycles. The summed E-state index contributed by atoms with van der Waals surface area (Å²) < 4.78 is 39.0. The first-order chi connectivity index (χ1) is 10.2. The van der Waals surface area contributed by atoms with E-state index < -0.39 is 18.3 Å². The van der Waals surface area contributed by atoms with E-state index in [2.05, 4.69) is 40.1 Å². The van der Waals surface area contributed by atoms with Crippen molar-refractivity contribution in [3.8, 4) is 0 Å². The van der Waals surface area contributed by atoms with Crippen LogP contribution in [0.15, 0.2) is 27.7 Å². The summed E-state index contributed by atoms with van der Waals surface area (Å²) in [6, 6.07) is 3.29. The molecular formula is C10H11F3N6S3. The molecular weight excluding hydrogens is 357 g/mol. The second-order valence-electron chi connectivity index (χ2n) is 3.72. The number of hydrogen-bond donors (Lipinski definition) is 4. The molecule has 0 saturated heterocycles. The van der Waals surface area contributed by atoms with Crippen molar-refractivity contribution in [2.75, 3.05) is 0 Å². The lowest BCUT2D eigenvalue weighted by Crippen LogP contribution is -2.33. The first-order valence-electron chi connectivity index (χ1n) is 5.55. The molecule has 0 fully saturated rings. The number of halogens is 3. The van der Waals surface area contributed by atoms with Gasteiger partial charge >= 0.3 is 6.18 Å². The molecule has 0 spiro atoms. The Balaban J connectivity index is 3.08. The number of nitrogens with one attached hydrogen (secondary N) is 2. The van der Waals surface area contributed by atoms with E-state index in [0.29, 0.717) is 4.88 Å². The van der Waals surface area contributed by atoms with Gasteiger partial charge in [-0.3, -0.25) is 10.9 Å². The van der Waals surface area contributed by atoms with E-state index in [-0.39, 0.29) is 15.9 Å². The van der Waals surface area contributed by atoms with Crippen LogP contribution in [0.25, 0.3) is 0 Å². The van der Waals surface area contributed by atoms with Crippen LogP contribution >= 0.6 is 35.8 Å². The Morgan fingerprint density at radius 1 is 1.18 bits per heavy atom. The average Bonchev–Trinajstić information content (AvgIpc) is 2.89. The molecule has 6 nitrogen and oxygen atoms in total. The van der Waals surface area contributed by atoms with Gasteiger partial charge in [-0.25, -0.2) is 0 Å². The van der Waals surface area contributed by atoms with Gasteiger partial charge < -0.3 is 11.5 Å². The van der Waals surface area contributed by atoms with Crippen LogP contribution < -0.4 is 22.3 Å². The Labute approximate surface area is 138 Å². The molecule has 0 aromatic carbocycles. The summed E-state index contributed by atoms with van der Waals surface area (Å²) in [7, 11) is 0. The molecule has 0 aliphatic carbocycles. The van der Waals surface area contributed by atoms with Crippen molar-refractivity contribution < 1.29 is 13.2 Å². The van der Waals surface area contributed by atoms with E-state index in [4.69, 9.17) is 11.5 Å². The second-order valence-corrected chi connectivity index (χ2v) is 5.55. The maximum atomic E-state index is 13.0. The minimum absolute atomic E-state index is 0.0728. The Bertz CT molecular complexity index is 594. The monoisotopic (exact) mass is 368 g/mol. The standard InChI is InChI=1S/C10H11F3N6S3/c11-10(12,13)7(17-19-9(15)21)4-5(16-18-8(14)20)6-2-1-3-22-6/h1-3H,4H2,(H3,14,18,20)(H3,15,19,21)/b16-5-,17-7-. The molecule has 6 N–H and O–H groups in total. The van der Waals surface area contributed by atoms with Crippen LogP contribution in [0, 0.1) is 0 Å². The highest BCUT2D eigenvalue weighted by atomic mass is 32.1. The van der Waals surface area contributed by atoms with Crippen LogP contribution in [0.1, 0.15) is 11.3 Å². The Hall–Kier alpha value is -1.79. The maximum absolute atomic E-state index is 13.0. The molecule has 1 rings (SSSR count). The quantitative estimate of drug-likeness (QED) is 0.356. The maximum Gasteiger partial charge on any atom is 0.431 e. The number of nitrogens with two attached hydrogens (primary N) is 2. The number of thiophene rings is 1. The normalized spacial score (nSPS) is 12.9. The van der Waals surface area contributed by atoms with Crippen LogP contribution in [0.4, 0.5) is 13.2 Å². The van der Waals surface area contributed by atoms with Crippen molar-refractivity contribution in [3.05, 3.63) is 22.4 Å². The third kappa shape index (κ3) is 6.32. The second kappa shape index (κ2) is 8.00. The van der Waals surface area contributed by atoms with Crippen molar-refractivity contribution in [3.63, 3.8) is 0 Å². The number of hydrogen-bond acceptors (Lipinski definition) is 5. The van der Waals surface area contributed by atoms with Crippen LogP contribution in [0.3, 0.4) is 0 Å². The third-order valence-corrected chi connectivity index (χ3v) is 3.17. The smallest absolute Gasteiger partial charge is 0.375 e. The van der Waals surface area contributed by atoms with Crippen molar-refractivity contribution >= 4 is 57.4 Å². The van der Waals surface area contributed by atoms with Gasteiger partial charge in [0.25, 0.3) is 0 Å². The summed E-state index contributed by atoms with van der Waals surface area (Å²) in [6.07, 6.45) is -5.30. The number of nitrogens with zero attached hydrogens (tertiary/aromatic N) is 2. The molecule has 1 aromatic rings. The van der Waals surface area contributed by atoms with Gasteiger partial charge in [0.15, 0.2) is 10.2 Å². The van der Waals surface area contributed by atoms with E-state index >= 15 is 0 Å². The molecule has 0 aliphatic rings. The molecule has 120 valence electrons. The van der Waals surface area contributed by atoms with Crippen LogP contribution in [-0.2, 0) is 0 Å². The lowest BCUT2D eigenvalue weighted by atomic mass is 10.1. The Kier molecular flexibility index (Phi) is 6.64. The Morgan fingerprint density at radius 3 is 2.23 bits per heavy atom. The lowest BCUT2D eigenvalue weighted by molar-refractivity contribution is -0.0601. The third-order valence-electron chi connectivity index (χ3n) is 2.07. The van der Waals surface area contributed by atoms with Crippen LogP contribution in [0.5, 0.6) is 0 Å². The summed E-state index contributed by atoms with van der Waals surface area (Å²) in [5.74, 6) is 0. The highest BCUT2D eigenvalue weighted by molar-refractivity contribution is 7.80. The van der Waals surface area contributed by atoms with Crippen LogP contribution in [0.2, 0.25) is 0 Å². The Morgan fingerprint density at radius 2 is 1.77 bits per heavy atom. The summed E-state index contributed by atoms with van der Waals surface area (Å²) in [5.41, 5.74) is 13.4. The van der Waals surface area contributed by atoms with E-state index in [1.165, 1.54) is 11.3 Å². The predicted molar refractivity (Wildman–Crippen MR) is 88.8 cm³/mol. The molecule has 12 heteroatoms. The van der Waals surface area contributed by atoms with Gasteiger partial charge in [0.1, 0.15) is 5.71 Å².